The fourth-order valence-electron chi connectivity index (χ4n) is 3.45. The van der Waals surface area contributed by atoms with E-state index in [-0.39, 0.29) is 23.4 Å². The Balaban J connectivity index is 1.72. The average Bonchev–Trinajstić information content (AvgIpc) is 3.11. The number of nitrogens with zero attached hydrogens (tertiary/aromatic N) is 3. The van der Waals surface area contributed by atoms with Crippen LogP contribution in [0.2, 0.25) is 0 Å². The van der Waals surface area contributed by atoms with Gasteiger partial charge in [0.1, 0.15) is 5.82 Å². The largest absolute Gasteiger partial charge is 0.348 e. The highest BCUT2D eigenvalue weighted by Gasteiger charge is 2.31. The monoisotopic (exact) mass is 424 g/mol. The van der Waals surface area contributed by atoms with Gasteiger partial charge in [-0.2, -0.15) is 5.10 Å². The lowest BCUT2D eigenvalue weighted by Crippen LogP contribution is -2.31. The summed E-state index contributed by atoms with van der Waals surface area (Å²) in [4.78, 5) is 1.86. The van der Waals surface area contributed by atoms with Crippen molar-refractivity contribution in [1.82, 2.24) is 14.7 Å². The Bertz CT molecular complexity index is 1020. The number of sulfone groups is 1. The van der Waals surface area contributed by atoms with E-state index in [0.29, 0.717) is 29.3 Å². The summed E-state index contributed by atoms with van der Waals surface area (Å²) in [6.07, 6.45) is 0.596. The second-order valence-electron chi connectivity index (χ2n) is 7.40. The van der Waals surface area contributed by atoms with Gasteiger partial charge in [-0.1, -0.05) is 6.07 Å². The molecular weight excluding hydrogens is 399 g/mol. The van der Waals surface area contributed by atoms with Crippen LogP contribution in [0.15, 0.2) is 18.2 Å². The van der Waals surface area contributed by atoms with Gasteiger partial charge in [0, 0.05) is 30.5 Å². The minimum absolute atomic E-state index is 0.108. The van der Waals surface area contributed by atoms with Crippen molar-refractivity contribution in [1.29, 1.82) is 0 Å². The summed E-state index contributed by atoms with van der Waals surface area (Å²) in [5.74, 6) is 0.0742. The Hall–Kier alpha value is -2.00. The Morgan fingerprint density at radius 3 is 2.71 bits per heavy atom. The SMILES string of the molecule is Cc1ccc(NC(=S)N(C)Cc2c(C)nn([C@H]3CCS(=O)(=O)C3)c2C)cc1F. The van der Waals surface area contributed by atoms with E-state index >= 15 is 0 Å². The van der Waals surface area contributed by atoms with Gasteiger partial charge in [0.15, 0.2) is 14.9 Å². The fraction of sp³-hybridized carbons (Fsp3) is 0.474. The number of hydrogen-bond donors (Lipinski definition) is 1. The van der Waals surface area contributed by atoms with E-state index < -0.39 is 9.84 Å². The van der Waals surface area contributed by atoms with Crippen molar-refractivity contribution in [2.45, 2.75) is 39.8 Å². The predicted octanol–water partition coefficient (Wildman–Crippen LogP) is 3.14. The molecule has 6 nitrogen and oxygen atoms in total. The smallest absolute Gasteiger partial charge is 0.173 e. The van der Waals surface area contributed by atoms with Crippen molar-refractivity contribution >= 4 is 32.9 Å². The van der Waals surface area contributed by atoms with Crippen LogP contribution in [0.3, 0.4) is 0 Å². The summed E-state index contributed by atoms with van der Waals surface area (Å²) in [5, 5.41) is 8.11. The maximum Gasteiger partial charge on any atom is 0.173 e. The normalized spacial score (nSPS) is 18.2. The highest BCUT2D eigenvalue weighted by atomic mass is 32.2. The molecule has 1 aromatic heterocycles. The Morgan fingerprint density at radius 1 is 1.39 bits per heavy atom. The molecule has 1 aromatic carbocycles. The van der Waals surface area contributed by atoms with Gasteiger partial charge in [-0.15, -0.1) is 0 Å². The Morgan fingerprint density at radius 2 is 2.11 bits per heavy atom. The topological polar surface area (TPSA) is 67.2 Å². The molecular formula is C19H25FN4O2S2. The molecule has 0 bridgehead atoms. The second-order valence-corrected chi connectivity index (χ2v) is 10.0. The first-order valence-corrected chi connectivity index (χ1v) is 11.3. The van der Waals surface area contributed by atoms with Gasteiger partial charge in [0.25, 0.3) is 0 Å². The molecule has 1 atom stereocenters. The molecule has 28 heavy (non-hydrogen) atoms. The average molecular weight is 425 g/mol. The van der Waals surface area contributed by atoms with Gasteiger partial charge in [-0.3, -0.25) is 4.68 Å². The molecule has 0 radical (unpaired) electrons. The molecule has 3 rings (SSSR count). The molecule has 2 heterocycles. The molecule has 0 saturated carbocycles. The molecule has 1 fully saturated rings. The first-order chi connectivity index (χ1) is 13.1. The molecule has 152 valence electrons. The van der Waals surface area contributed by atoms with Crippen molar-refractivity contribution in [2.24, 2.45) is 0 Å². The molecule has 0 spiro atoms. The zero-order valence-corrected chi connectivity index (χ0v) is 18.1. The van der Waals surface area contributed by atoms with Crippen molar-refractivity contribution in [2.75, 3.05) is 23.9 Å². The van der Waals surface area contributed by atoms with E-state index in [2.05, 4.69) is 10.4 Å². The van der Waals surface area contributed by atoms with Crippen molar-refractivity contribution in [3.63, 3.8) is 0 Å². The summed E-state index contributed by atoms with van der Waals surface area (Å²) in [5.41, 5.74) is 4.01. The summed E-state index contributed by atoms with van der Waals surface area (Å²) in [6.45, 7) is 6.11. The van der Waals surface area contributed by atoms with Crippen LogP contribution >= 0.6 is 12.2 Å². The molecule has 2 aromatic rings. The number of aryl methyl sites for hydroxylation is 2. The number of benzene rings is 1. The van der Waals surface area contributed by atoms with Crippen molar-refractivity contribution < 1.29 is 12.8 Å². The van der Waals surface area contributed by atoms with Gasteiger partial charge < -0.3 is 10.2 Å². The number of hydrogen-bond acceptors (Lipinski definition) is 4. The zero-order chi connectivity index (χ0) is 20.6. The molecule has 0 unspecified atom stereocenters. The van der Waals surface area contributed by atoms with Crippen LogP contribution < -0.4 is 5.32 Å². The lowest BCUT2D eigenvalue weighted by Gasteiger charge is -2.22. The van der Waals surface area contributed by atoms with Crippen LogP contribution in [-0.2, 0) is 16.4 Å². The van der Waals surface area contributed by atoms with Crippen LogP contribution in [0.4, 0.5) is 10.1 Å². The lowest BCUT2D eigenvalue weighted by atomic mass is 10.1. The van der Waals surface area contributed by atoms with Gasteiger partial charge in [-0.25, -0.2) is 12.8 Å². The predicted molar refractivity (Wildman–Crippen MR) is 113 cm³/mol. The van der Waals surface area contributed by atoms with Crippen LogP contribution in [0.25, 0.3) is 0 Å². The lowest BCUT2D eigenvalue weighted by molar-refractivity contribution is 0.479. The quantitative estimate of drug-likeness (QED) is 0.761. The van der Waals surface area contributed by atoms with Gasteiger partial charge in [0.05, 0.1) is 23.2 Å². The molecule has 0 aliphatic carbocycles. The molecule has 1 saturated heterocycles. The minimum Gasteiger partial charge on any atom is -0.348 e. The van der Waals surface area contributed by atoms with E-state index in [1.165, 1.54) is 6.07 Å². The van der Waals surface area contributed by atoms with Crippen LogP contribution in [-0.4, -0.2) is 46.8 Å². The Kier molecular flexibility index (Phi) is 5.77. The van der Waals surface area contributed by atoms with Crippen LogP contribution in [0, 0.1) is 26.6 Å². The van der Waals surface area contributed by atoms with Gasteiger partial charge in [0.2, 0.25) is 0 Å². The number of thiocarbonyl (C=S) groups is 1. The maximum absolute atomic E-state index is 13.7. The number of rotatable bonds is 4. The standard InChI is InChI=1S/C19H25FN4O2S2/c1-12-5-6-15(9-18(12)20)21-19(27)23(4)10-17-13(2)22-24(14(17)3)16-7-8-28(25,26)11-16/h5-6,9,16H,7-8,10-11H2,1-4H3,(H,21,27)/t16-/m0/s1. The number of nitrogens with one attached hydrogen (secondary N) is 1. The van der Waals surface area contributed by atoms with Crippen molar-refractivity contribution in [3.05, 3.63) is 46.5 Å². The summed E-state index contributed by atoms with van der Waals surface area (Å²) in [6, 6.07) is 4.80. The van der Waals surface area contributed by atoms with E-state index in [4.69, 9.17) is 12.2 Å². The van der Waals surface area contributed by atoms with Crippen LogP contribution in [0.1, 0.15) is 35.0 Å². The maximum atomic E-state index is 13.7. The number of halogens is 1. The third-order valence-electron chi connectivity index (χ3n) is 5.19. The third-order valence-corrected chi connectivity index (χ3v) is 7.36. The molecule has 1 aliphatic heterocycles. The highest BCUT2D eigenvalue weighted by Crippen LogP contribution is 2.27. The molecule has 0 amide bonds. The Labute approximate surface area is 170 Å². The third kappa shape index (κ3) is 4.35. The van der Waals surface area contributed by atoms with Gasteiger partial charge in [-0.05, 0) is 57.1 Å². The van der Waals surface area contributed by atoms with Crippen molar-refractivity contribution in [3.8, 4) is 0 Å². The van der Waals surface area contributed by atoms with E-state index in [9.17, 15) is 12.8 Å². The molecule has 1 aliphatic rings. The van der Waals surface area contributed by atoms with E-state index in [1.54, 1.807) is 19.1 Å². The summed E-state index contributed by atoms with van der Waals surface area (Å²) in [7, 11) is -1.12. The fourth-order valence-corrected chi connectivity index (χ4v) is 5.32. The molecule has 9 heteroatoms. The highest BCUT2D eigenvalue weighted by molar-refractivity contribution is 7.91. The van der Waals surface area contributed by atoms with Gasteiger partial charge >= 0.3 is 0 Å². The first kappa shape index (κ1) is 20.7. The van der Waals surface area contributed by atoms with E-state index in [1.807, 2.05) is 30.5 Å². The second kappa shape index (κ2) is 7.79. The zero-order valence-electron chi connectivity index (χ0n) is 16.5. The number of aromatic nitrogens is 2. The summed E-state index contributed by atoms with van der Waals surface area (Å²) < 4.78 is 39.2. The minimum atomic E-state index is -2.97. The van der Waals surface area contributed by atoms with Crippen LogP contribution in [0.5, 0.6) is 0 Å². The number of anilines is 1. The summed E-state index contributed by atoms with van der Waals surface area (Å²) >= 11 is 5.45. The molecule has 1 N–H and O–H groups in total. The first-order valence-electron chi connectivity index (χ1n) is 9.10. The van der Waals surface area contributed by atoms with E-state index in [0.717, 1.165) is 17.0 Å².